The second-order valence-corrected chi connectivity index (χ2v) is 9.14. The van der Waals surface area contributed by atoms with Gasteiger partial charge in [0.15, 0.2) is 0 Å². The maximum Gasteiger partial charge on any atom is 0.409 e. The van der Waals surface area contributed by atoms with Crippen LogP contribution in [0.3, 0.4) is 0 Å². The molecule has 0 fully saturated rings. The molecule has 0 aliphatic heterocycles. The summed E-state index contributed by atoms with van der Waals surface area (Å²) < 4.78 is 5.30. The third-order valence-electron chi connectivity index (χ3n) is 5.24. The molecular weight excluding hydrogens is 450 g/mol. The molecule has 10 heteroatoms. The van der Waals surface area contributed by atoms with Crippen molar-refractivity contribution in [1.29, 1.82) is 0 Å². The zero-order valence-corrected chi connectivity index (χ0v) is 21.8. The van der Waals surface area contributed by atoms with Crippen LogP contribution in [0.25, 0.3) is 0 Å². The number of carbonyl (C=O) groups excluding carboxylic acids is 4. The maximum absolute atomic E-state index is 12.5. The third kappa shape index (κ3) is 12.2. The summed E-state index contributed by atoms with van der Waals surface area (Å²) in [5.41, 5.74) is 1.33. The van der Waals surface area contributed by atoms with Crippen LogP contribution in [0.2, 0.25) is 0 Å². The first-order valence-electron chi connectivity index (χ1n) is 12.0. The molecule has 0 bridgehead atoms. The first-order chi connectivity index (χ1) is 16.5. The quantitative estimate of drug-likeness (QED) is 0.367. The summed E-state index contributed by atoms with van der Waals surface area (Å²) in [6, 6.07) is 6.20. The molecule has 0 radical (unpaired) electrons. The lowest BCUT2D eigenvalue weighted by atomic mass is 10.0. The van der Waals surface area contributed by atoms with Crippen LogP contribution in [0.5, 0.6) is 0 Å². The van der Waals surface area contributed by atoms with Crippen molar-refractivity contribution >= 4 is 29.5 Å². The molecule has 0 saturated heterocycles. The summed E-state index contributed by atoms with van der Waals surface area (Å²) in [5.74, 6) is -1.07. The molecule has 1 atom stereocenters. The molecule has 1 rings (SSSR count). The predicted molar refractivity (Wildman–Crippen MR) is 136 cm³/mol. The van der Waals surface area contributed by atoms with Crippen LogP contribution in [0.4, 0.5) is 10.5 Å². The summed E-state index contributed by atoms with van der Waals surface area (Å²) in [4.78, 5) is 52.3. The molecule has 1 aromatic carbocycles. The lowest BCUT2D eigenvalue weighted by Crippen LogP contribution is -2.51. The molecule has 1 unspecified atom stereocenters. The first kappa shape index (κ1) is 29.9. The zero-order chi connectivity index (χ0) is 26.4. The summed E-state index contributed by atoms with van der Waals surface area (Å²) in [6.45, 7) is 6.88. The van der Waals surface area contributed by atoms with Gasteiger partial charge in [-0.1, -0.05) is 39.3 Å². The van der Waals surface area contributed by atoms with Crippen LogP contribution in [-0.2, 0) is 25.7 Å². The Morgan fingerprint density at radius 1 is 0.971 bits per heavy atom. The Kier molecular flexibility index (Phi) is 13.4. The Bertz CT molecular complexity index is 826. The molecule has 0 aliphatic carbocycles. The number of anilines is 1. The lowest BCUT2D eigenvalue weighted by molar-refractivity contribution is -0.130. The molecule has 1 aromatic rings. The highest BCUT2D eigenvalue weighted by atomic mass is 16.6. The molecule has 0 saturated carbocycles. The van der Waals surface area contributed by atoms with Gasteiger partial charge in [0.05, 0.1) is 6.54 Å². The van der Waals surface area contributed by atoms with Crippen LogP contribution in [0, 0.1) is 5.92 Å². The number of rotatable bonds is 14. The van der Waals surface area contributed by atoms with Crippen LogP contribution in [0.15, 0.2) is 24.3 Å². The van der Waals surface area contributed by atoms with E-state index in [-0.39, 0.29) is 30.9 Å². The molecule has 0 aromatic heterocycles. The molecule has 35 heavy (non-hydrogen) atoms. The highest BCUT2D eigenvalue weighted by Crippen LogP contribution is 2.11. The number of unbranched alkanes of at least 4 members (excludes halogenated alkanes) is 1. The van der Waals surface area contributed by atoms with E-state index in [1.807, 2.05) is 39.8 Å². The second-order valence-electron chi connectivity index (χ2n) is 9.14. The number of carbonyl (C=O) groups is 4. The fourth-order valence-electron chi connectivity index (χ4n) is 2.98. The summed E-state index contributed by atoms with van der Waals surface area (Å²) in [7, 11) is 5.56. The van der Waals surface area contributed by atoms with E-state index in [1.165, 1.54) is 4.90 Å². The minimum atomic E-state index is -0.698. The number of hydrogen-bond donors (Lipinski definition) is 3. The molecular formula is C25H41N5O5. The van der Waals surface area contributed by atoms with Gasteiger partial charge < -0.3 is 30.5 Å². The Balaban J connectivity index is 2.47. The van der Waals surface area contributed by atoms with Gasteiger partial charge in [-0.15, -0.1) is 0 Å². The van der Waals surface area contributed by atoms with Gasteiger partial charge in [0.25, 0.3) is 0 Å². The smallest absolute Gasteiger partial charge is 0.409 e. The SMILES string of the molecule is CCCCC(=O)NC(C(=O)NCC(=O)Nc1ccc(COC(=O)N(C)CCN(C)C)cc1)C(C)C. The number of amides is 4. The predicted octanol–water partition coefficient (Wildman–Crippen LogP) is 2.20. The van der Waals surface area contributed by atoms with Crippen LogP contribution >= 0.6 is 0 Å². The Hall–Kier alpha value is -3.14. The molecule has 0 heterocycles. The van der Waals surface area contributed by atoms with Gasteiger partial charge in [-0.05, 0) is 44.1 Å². The van der Waals surface area contributed by atoms with Crippen molar-refractivity contribution in [3.63, 3.8) is 0 Å². The largest absolute Gasteiger partial charge is 0.445 e. The minimum Gasteiger partial charge on any atom is -0.445 e. The molecule has 196 valence electrons. The van der Waals surface area contributed by atoms with Gasteiger partial charge in [-0.3, -0.25) is 14.4 Å². The monoisotopic (exact) mass is 491 g/mol. The summed E-state index contributed by atoms with van der Waals surface area (Å²) >= 11 is 0. The molecule has 10 nitrogen and oxygen atoms in total. The van der Waals surface area contributed by atoms with Crippen molar-refractivity contribution in [3.8, 4) is 0 Å². The average Bonchev–Trinajstić information content (AvgIpc) is 2.82. The number of nitrogens with zero attached hydrogens (tertiary/aromatic N) is 2. The van der Waals surface area contributed by atoms with Crippen molar-refractivity contribution in [3.05, 3.63) is 29.8 Å². The highest BCUT2D eigenvalue weighted by Gasteiger charge is 2.24. The van der Waals surface area contributed by atoms with Gasteiger partial charge in [0, 0.05) is 32.2 Å². The highest BCUT2D eigenvalue weighted by molar-refractivity contribution is 5.96. The number of ether oxygens (including phenoxy) is 1. The molecule has 0 aliphatic rings. The van der Waals surface area contributed by atoms with Gasteiger partial charge in [-0.2, -0.15) is 0 Å². The van der Waals surface area contributed by atoms with Crippen LogP contribution in [0.1, 0.15) is 45.6 Å². The van der Waals surface area contributed by atoms with Crippen molar-refractivity contribution in [2.75, 3.05) is 46.1 Å². The number of hydrogen-bond acceptors (Lipinski definition) is 6. The first-order valence-corrected chi connectivity index (χ1v) is 12.0. The van der Waals surface area contributed by atoms with E-state index in [0.29, 0.717) is 18.7 Å². The topological polar surface area (TPSA) is 120 Å². The van der Waals surface area contributed by atoms with E-state index in [9.17, 15) is 19.2 Å². The fourth-order valence-corrected chi connectivity index (χ4v) is 2.98. The van der Waals surface area contributed by atoms with Crippen LogP contribution in [-0.4, -0.2) is 80.4 Å². The van der Waals surface area contributed by atoms with E-state index in [4.69, 9.17) is 4.74 Å². The van der Waals surface area contributed by atoms with Gasteiger partial charge >= 0.3 is 6.09 Å². The van der Waals surface area contributed by atoms with Crippen molar-refractivity contribution in [1.82, 2.24) is 20.4 Å². The Morgan fingerprint density at radius 2 is 1.63 bits per heavy atom. The fraction of sp³-hybridized carbons (Fsp3) is 0.600. The van der Waals surface area contributed by atoms with Crippen molar-refractivity contribution < 1.29 is 23.9 Å². The van der Waals surface area contributed by atoms with E-state index in [1.54, 1.807) is 31.3 Å². The number of nitrogens with one attached hydrogen (secondary N) is 3. The van der Waals surface area contributed by atoms with Crippen LogP contribution < -0.4 is 16.0 Å². The zero-order valence-electron chi connectivity index (χ0n) is 21.8. The maximum atomic E-state index is 12.5. The lowest BCUT2D eigenvalue weighted by Gasteiger charge is -2.21. The van der Waals surface area contributed by atoms with Gasteiger partial charge in [0.2, 0.25) is 17.7 Å². The Morgan fingerprint density at radius 3 is 2.20 bits per heavy atom. The van der Waals surface area contributed by atoms with Crippen molar-refractivity contribution in [2.45, 2.75) is 52.7 Å². The van der Waals surface area contributed by atoms with E-state index >= 15 is 0 Å². The average molecular weight is 492 g/mol. The minimum absolute atomic E-state index is 0.113. The van der Waals surface area contributed by atoms with Crippen molar-refractivity contribution in [2.24, 2.45) is 5.92 Å². The second kappa shape index (κ2) is 15.7. The molecule has 3 N–H and O–H groups in total. The normalized spacial score (nSPS) is 11.7. The third-order valence-corrected chi connectivity index (χ3v) is 5.24. The number of likely N-dealkylation sites (N-methyl/N-ethyl adjacent to an activating group) is 2. The molecule has 4 amide bonds. The van der Waals surface area contributed by atoms with E-state index < -0.39 is 18.0 Å². The number of benzene rings is 1. The molecule has 0 spiro atoms. The van der Waals surface area contributed by atoms with Gasteiger partial charge in [-0.25, -0.2) is 4.79 Å². The van der Waals surface area contributed by atoms with E-state index in [0.717, 1.165) is 24.9 Å². The summed E-state index contributed by atoms with van der Waals surface area (Å²) in [6.07, 6.45) is 1.62. The van der Waals surface area contributed by atoms with Gasteiger partial charge in [0.1, 0.15) is 12.6 Å². The summed E-state index contributed by atoms with van der Waals surface area (Å²) in [5, 5.41) is 8.04. The standard InChI is InChI=1S/C25H41N5O5/c1-7-8-9-21(31)28-23(18(2)3)24(33)26-16-22(32)27-20-12-10-19(11-13-20)17-35-25(34)30(6)15-14-29(4)5/h10-13,18,23H,7-9,14-17H2,1-6H3,(H,26,33)(H,27,32)(H,28,31). The Labute approximate surface area is 208 Å². The van der Waals surface area contributed by atoms with E-state index in [2.05, 4.69) is 16.0 Å².